The molecule has 6 nitrogen and oxygen atoms in total. The summed E-state index contributed by atoms with van der Waals surface area (Å²) in [7, 11) is 0. The molecule has 0 aliphatic carbocycles. The Morgan fingerprint density at radius 2 is 1.58 bits per heavy atom. The first-order valence-electron chi connectivity index (χ1n) is 12.2. The molecule has 2 aromatic rings. The fraction of sp³-hybridized carbons (Fsp3) is 0.481. The summed E-state index contributed by atoms with van der Waals surface area (Å²) in [5.74, 6) is 0.116. The maximum Gasteiger partial charge on any atom is 0.244 e. The molecule has 1 atom stereocenters. The van der Waals surface area contributed by atoms with Gasteiger partial charge in [-0.2, -0.15) is 0 Å². The number of benzene rings is 2. The third-order valence-corrected chi connectivity index (χ3v) is 7.44. The zero-order valence-electron chi connectivity index (χ0n) is 19.2. The molecule has 1 N–H and O–H groups in total. The van der Waals surface area contributed by atoms with Gasteiger partial charge in [-0.1, -0.05) is 54.6 Å². The van der Waals surface area contributed by atoms with Crippen LogP contribution in [-0.4, -0.2) is 54.3 Å². The highest BCUT2D eigenvalue weighted by molar-refractivity contribution is 5.85. The minimum absolute atomic E-state index is 0.0449. The van der Waals surface area contributed by atoms with E-state index in [9.17, 15) is 9.59 Å². The smallest absolute Gasteiger partial charge is 0.244 e. The van der Waals surface area contributed by atoms with Crippen LogP contribution >= 0.6 is 0 Å². The number of carbonyl (C=O) groups excluding carboxylic acids is 2. The number of carbonyl (C=O) groups is 2. The van der Waals surface area contributed by atoms with Crippen molar-refractivity contribution < 1.29 is 14.3 Å². The Kier molecular flexibility index (Phi) is 6.47. The quantitative estimate of drug-likeness (QED) is 0.763. The Bertz CT molecular complexity index is 979. The van der Waals surface area contributed by atoms with Crippen molar-refractivity contribution in [3.63, 3.8) is 0 Å². The number of ether oxygens (including phenoxy) is 1. The summed E-state index contributed by atoms with van der Waals surface area (Å²) >= 11 is 0. The maximum absolute atomic E-state index is 13.3. The summed E-state index contributed by atoms with van der Waals surface area (Å²) in [6.45, 7) is 3.75. The van der Waals surface area contributed by atoms with Crippen LogP contribution in [0.15, 0.2) is 54.6 Å². The minimum atomic E-state index is -0.491. The van der Waals surface area contributed by atoms with Crippen LogP contribution in [0.5, 0.6) is 0 Å². The van der Waals surface area contributed by atoms with E-state index in [0.717, 1.165) is 44.3 Å². The summed E-state index contributed by atoms with van der Waals surface area (Å²) in [6.07, 6.45) is 4.89. The van der Waals surface area contributed by atoms with Crippen LogP contribution in [-0.2, 0) is 26.5 Å². The van der Waals surface area contributed by atoms with Crippen LogP contribution in [0.3, 0.4) is 0 Å². The van der Waals surface area contributed by atoms with Gasteiger partial charge >= 0.3 is 0 Å². The Morgan fingerprint density at radius 1 is 0.879 bits per heavy atom. The molecule has 3 aliphatic rings. The van der Waals surface area contributed by atoms with Gasteiger partial charge in [0.1, 0.15) is 6.04 Å². The lowest BCUT2D eigenvalue weighted by Crippen LogP contribution is -2.49. The Labute approximate surface area is 195 Å². The van der Waals surface area contributed by atoms with Gasteiger partial charge in [-0.15, -0.1) is 0 Å². The number of rotatable bonds is 5. The molecule has 33 heavy (non-hydrogen) atoms. The zero-order chi connectivity index (χ0) is 22.7. The average Bonchev–Trinajstić information content (AvgIpc) is 3.23. The number of fused-ring (bicyclic) bond motifs is 2. The number of hydrogen-bond donors (Lipinski definition) is 1. The van der Waals surface area contributed by atoms with Gasteiger partial charge in [0.05, 0.1) is 18.8 Å². The zero-order valence-corrected chi connectivity index (χ0v) is 19.2. The lowest BCUT2D eigenvalue weighted by molar-refractivity contribution is -0.138. The van der Waals surface area contributed by atoms with E-state index in [0.29, 0.717) is 19.7 Å². The second kappa shape index (κ2) is 9.65. The average molecular weight is 448 g/mol. The monoisotopic (exact) mass is 447 g/mol. The van der Waals surface area contributed by atoms with E-state index < -0.39 is 6.04 Å². The summed E-state index contributed by atoms with van der Waals surface area (Å²) in [5.41, 5.74) is 3.21. The molecule has 1 spiro atoms. The van der Waals surface area contributed by atoms with Crippen LogP contribution < -0.4 is 5.32 Å². The molecule has 3 aliphatic heterocycles. The molecule has 2 saturated heterocycles. The van der Waals surface area contributed by atoms with Crippen molar-refractivity contribution in [1.29, 1.82) is 0 Å². The fourth-order valence-electron chi connectivity index (χ4n) is 5.51. The molecular weight excluding hydrogens is 414 g/mol. The van der Waals surface area contributed by atoms with E-state index >= 15 is 0 Å². The molecular formula is C27H33N3O3. The van der Waals surface area contributed by atoms with Crippen molar-refractivity contribution in [3.8, 4) is 0 Å². The van der Waals surface area contributed by atoms with Crippen LogP contribution in [0, 0.1) is 0 Å². The van der Waals surface area contributed by atoms with Crippen LogP contribution in [0.25, 0.3) is 0 Å². The van der Waals surface area contributed by atoms with E-state index in [4.69, 9.17) is 4.74 Å². The molecule has 1 unspecified atom stereocenters. The molecule has 3 heterocycles. The van der Waals surface area contributed by atoms with E-state index in [1.165, 1.54) is 17.5 Å². The molecule has 174 valence electrons. The highest BCUT2D eigenvalue weighted by Gasteiger charge is 2.43. The predicted molar refractivity (Wildman–Crippen MR) is 126 cm³/mol. The van der Waals surface area contributed by atoms with Gasteiger partial charge in [0, 0.05) is 26.2 Å². The number of nitrogens with one attached hydrogen (secondary N) is 1. The third-order valence-electron chi connectivity index (χ3n) is 7.44. The van der Waals surface area contributed by atoms with Crippen molar-refractivity contribution >= 4 is 11.8 Å². The van der Waals surface area contributed by atoms with Crippen LogP contribution in [0.1, 0.15) is 54.8 Å². The first-order chi connectivity index (χ1) is 16.2. The topological polar surface area (TPSA) is 61.9 Å². The molecule has 0 aromatic heterocycles. The van der Waals surface area contributed by atoms with Gasteiger partial charge < -0.3 is 14.5 Å². The van der Waals surface area contributed by atoms with Crippen molar-refractivity contribution in [1.82, 2.24) is 15.1 Å². The summed E-state index contributed by atoms with van der Waals surface area (Å²) < 4.78 is 6.23. The first-order valence-corrected chi connectivity index (χ1v) is 12.2. The SMILES string of the molecule is O=C(CNC(C(=O)N1CCCCC1)c1ccccc1)N1CCC2(CC1)OCc1ccccc12. The normalized spacial score (nSPS) is 20.5. The van der Waals surface area contributed by atoms with E-state index in [2.05, 4.69) is 29.6 Å². The van der Waals surface area contributed by atoms with Crippen LogP contribution in [0.4, 0.5) is 0 Å². The Morgan fingerprint density at radius 3 is 2.33 bits per heavy atom. The second-order valence-corrected chi connectivity index (χ2v) is 9.43. The maximum atomic E-state index is 13.3. The van der Waals surface area contributed by atoms with Crippen LogP contribution in [0.2, 0.25) is 0 Å². The molecule has 2 amide bonds. The summed E-state index contributed by atoms with van der Waals surface area (Å²) in [5, 5.41) is 3.29. The van der Waals surface area contributed by atoms with Crippen molar-refractivity contribution in [2.45, 2.75) is 50.4 Å². The van der Waals surface area contributed by atoms with E-state index in [-0.39, 0.29) is 24.0 Å². The predicted octanol–water partition coefficient (Wildman–Crippen LogP) is 3.38. The lowest BCUT2D eigenvalue weighted by atomic mass is 9.84. The number of likely N-dealkylation sites (tertiary alicyclic amines) is 2. The van der Waals surface area contributed by atoms with Gasteiger partial charge in [0.25, 0.3) is 0 Å². The Hall–Kier alpha value is -2.70. The highest BCUT2D eigenvalue weighted by atomic mass is 16.5. The van der Waals surface area contributed by atoms with Gasteiger partial charge in [0.2, 0.25) is 11.8 Å². The van der Waals surface area contributed by atoms with Crippen molar-refractivity contribution in [3.05, 3.63) is 71.3 Å². The van der Waals surface area contributed by atoms with E-state index in [1.807, 2.05) is 40.1 Å². The van der Waals surface area contributed by atoms with Gasteiger partial charge in [-0.3, -0.25) is 14.9 Å². The number of amides is 2. The number of piperidine rings is 2. The molecule has 0 saturated carbocycles. The number of hydrogen-bond acceptors (Lipinski definition) is 4. The molecule has 0 radical (unpaired) electrons. The van der Waals surface area contributed by atoms with Crippen molar-refractivity contribution in [2.75, 3.05) is 32.7 Å². The van der Waals surface area contributed by atoms with E-state index in [1.54, 1.807) is 0 Å². The lowest BCUT2D eigenvalue weighted by Gasteiger charge is -2.39. The molecule has 0 bridgehead atoms. The largest absolute Gasteiger partial charge is 0.365 e. The summed E-state index contributed by atoms with van der Waals surface area (Å²) in [6, 6.07) is 17.7. The van der Waals surface area contributed by atoms with Gasteiger partial charge in [-0.25, -0.2) is 0 Å². The van der Waals surface area contributed by atoms with Gasteiger partial charge in [0.15, 0.2) is 0 Å². The number of nitrogens with zero attached hydrogens (tertiary/aromatic N) is 2. The first kappa shape index (κ1) is 22.1. The minimum Gasteiger partial charge on any atom is -0.365 e. The molecule has 2 fully saturated rings. The third kappa shape index (κ3) is 4.55. The summed E-state index contributed by atoms with van der Waals surface area (Å²) in [4.78, 5) is 30.2. The standard InChI is InChI=1S/C27H33N3O3/c31-24(29-17-13-27(14-18-29)23-12-6-5-11-22(23)20-33-27)19-28-25(21-9-3-1-4-10-21)26(32)30-15-7-2-8-16-30/h1,3-6,9-12,25,28H,2,7-8,13-20H2. The van der Waals surface area contributed by atoms with Gasteiger partial charge in [-0.05, 0) is 48.8 Å². The van der Waals surface area contributed by atoms with Crippen molar-refractivity contribution in [2.24, 2.45) is 0 Å². The second-order valence-electron chi connectivity index (χ2n) is 9.43. The Balaban J connectivity index is 1.21. The molecule has 2 aromatic carbocycles. The highest BCUT2D eigenvalue weighted by Crippen LogP contribution is 2.43. The fourth-order valence-corrected chi connectivity index (χ4v) is 5.51. The molecule has 5 rings (SSSR count). The molecule has 6 heteroatoms.